The summed E-state index contributed by atoms with van der Waals surface area (Å²) in [5.74, 6) is -0.326. The van der Waals surface area contributed by atoms with Gasteiger partial charge in [-0.3, -0.25) is 0 Å². The zero-order valence-corrected chi connectivity index (χ0v) is 17.4. The maximum atomic E-state index is 12.7. The Balaban J connectivity index is 1.60. The fourth-order valence-corrected chi connectivity index (χ4v) is 3.82. The number of carbonyl (C=O) groups is 1. The topological polar surface area (TPSA) is 76.8 Å². The van der Waals surface area contributed by atoms with Crippen molar-refractivity contribution in [2.75, 3.05) is 25.2 Å². The normalized spacial score (nSPS) is 16.8. The van der Waals surface area contributed by atoms with E-state index in [9.17, 15) is 18.0 Å². The molecule has 2 amide bonds. The third kappa shape index (κ3) is 6.41. The number of rotatable bonds is 7. The molecule has 0 aromatic heterocycles. The number of urea groups is 1. The van der Waals surface area contributed by atoms with Gasteiger partial charge in [0.05, 0.1) is 17.7 Å². The summed E-state index contributed by atoms with van der Waals surface area (Å²) in [6, 6.07) is 10.2. The standard InChI is InChI=1S/C21H23ClF3N3O3/c22-18-11-14(27-13-30-12-15-5-3-4-10-28(15)20(26)29)8-9-16(18)17-6-1-2-7-19(17)31-21(23,24)25/h1-2,6-9,11,15,27H,3-5,10,12-13H2,(H2,26,29)/t15-/m1/s1. The Bertz CT molecular complexity index is 911. The minimum atomic E-state index is -4.80. The highest BCUT2D eigenvalue weighted by molar-refractivity contribution is 6.33. The average Bonchev–Trinajstić information content (AvgIpc) is 2.71. The molecule has 1 heterocycles. The Morgan fingerprint density at radius 1 is 1.19 bits per heavy atom. The molecule has 3 rings (SSSR count). The smallest absolute Gasteiger partial charge is 0.405 e. The van der Waals surface area contributed by atoms with E-state index >= 15 is 0 Å². The van der Waals surface area contributed by atoms with E-state index in [4.69, 9.17) is 22.1 Å². The Labute approximate surface area is 183 Å². The lowest BCUT2D eigenvalue weighted by Crippen LogP contribution is -2.48. The Morgan fingerprint density at radius 2 is 1.97 bits per heavy atom. The second-order valence-corrected chi connectivity index (χ2v) is 7.52. The first-order chi connectivity index (χ1) is 14.7. The van der Waals surface area contributed by atoms with Gasteiger partial charge in [0, 0.05) is 23.4 Å². The highest BCUT2D eigenvalue weighted by atomic mass is 35.5. The zero-order chi connectivity index (χ0) is 22.4. The summed E-state index contributed by atoms with van der Waals surface area (Å²) in [5, 5.41) is 3.31. The van der Waals surface area contributed by atoms with Crippen LogP contribution < -0.4 is 15.8 Å². The number of nitrogens with zero attached hydrogens (tertiary/aromatic N) is 1. The maximum absolute atomic E-state index is 12.7. The van der Waals surface area contributed by atoms with Crippen molar-refractivity contribution >= 4 is 23.3 Å². The number of hydrogen-bond acceptors (Lipinski definition) is 4. The van der Waals surface area contributed by atoms with Gasteiger partial charge >= 0.3 is 12.4 Å². The minimum Gasteiger partial charge on any atom is -0.405 e. The van der Waals surface area contributed by atoms with Crippen LogP contribution in [-0.4, -0.2) is 43.2 Å². The van der Waals surface area contributed by atoms with Crippen molar-refractivity contribution in [3.05, 3.63) is 47.5 Å². The molecule has 1 saturated heterocycles. The fraction of sp³-hybridized carbons (Fsp3) is 0.381. The molecule has 0 bridgehead atoms. The van der Waals surface area contributed by atoms with Crippen molar-refractivity contribution < 1.29 is 27.4 Å². The van der Waals surface area contributed by atoms with Gasteiger partial charge < -0.3 is 25.4 Å². The summed E-state index contributed by atoms with van der Waals surface area (Å²) in [4.78, 5) is 13.1. The molecule has 31 heavy (non-hydrogen) atoms. The molecule has 0 radical (unpaired) electrons. The van der Waals surface area contributed by atoms with Crippen LogP contribution in [0.15, 0.2) is 42.5 Å². The number of benzene rings is 2. The number of amides is 2. The molecule has 1 fully saturated rings. The van der Waals surface area contributed by atoms with E-state index in [0.29, 0.717) is 24.4 Å². The average molecular weight is 458 g/mol. The van der Waals surface area contributed by atoms with Crippen LogP contribution >= 0.6 is 11.6 Å². The van der Waals surface area contributed by atoms with Crippen LogP contribution in [-0.2, 0) is 4.74 Å². The number of hydrogen-bond donors (Lipinski definition) is 2. The van der Waals surface area contributed by atoms with E-state index in [1.165, 1.54) is 18.2 Å². The largest absolute Gasteiger partial charge is 0.573 e. The minimum absolute atomic E-state index is 0.0517. The molecule has 2 aromatic rings. The summed E-state index contributed by atoms with van der Waals surface area (Å²) in [7, 11) is 0. The fourth-order valence-electron chi connectivity index (χ4n) is 3.54. The van der Waals surface area contributed by atoms with Gasteiger partial charge in [-0.15, -0.1) is 13.2 Å². The van der Waals surface area contributed by atoms with Crippen molar-refractivity contribution in [3.8, 4) is 16.9 Å². The third-order valence-electron chi connectivity index (χ3n) is 4.97. The van der Waals surface area contributed by atoms with E-state index in [2.05, 4.69) is 10.1 Å². The number of piperidine rings is 1. The molecule has 6 nitrogen and oxygen atoms in total. The molecule has 1 aliphatic rings. The van der Waals surface area contributed by atoms with Crippen LogP contribution in [0.5, 0.6) is 5.75 Å². The van der Waals surface area contributed by atoms with E-state index in [1.54, 1.807) is 29.2 Å². The molecule has 3 N–H and O–H groups in total. The van der Waals surface area contributed by atoms with E-state index in [0.717, 1.165) is 19.3 Å². The first kappa shape index (κ1) is 23.0. The first-order valence-electron chi connectivity index (χ1n) is 9.77. The SMILES string of the molecule is NC(=O)N1CCCC[C@@H]1COCNc1ccc(-c2ccccc2OC(F)(F)F)c(Cl)c1. The number of carbonyl (C=O) groups excluding carboxylic acids is 1. The predicted octanol–water partition coefficient (Wildman–Crippen LogP) is 5.22. The number of primary amides is 1. The number of para-hydroxylation sites is 1. The summed E-state index contributed by atoms with van der Waals surface area (Å²) in [6.45, 7) is 1.16. The number of nitrogens with one attached hydrogen (secondary N) is 1. The van der Waals surface area contributed by atoms with E-state index < -0.39 is 12.4 Å². The van der Waals surface area contributed by atoms with Crippen LogP contribution in [0.3, 0.4) is 0 Å². The second kappa shape index (κ2) is 10.1. The van der Waals surface area contributed by atoms with Crippen LogP contribution in [0.1, 0.15) is 19.3 Å². The quantitative estimate of drug-likeness (QED) is 0.441. The molecule has 168 valence electrons. The predicted molar refractivity (Wildman–Crippen MR) is 112 cm³/mol. The summed E-state index contributed by atoms with van der Waals surface area (Å²) in [5.41, 5.74) is 6.69. The number of likely N-dealkylation sites (tertiary alicyclic amines) is 1. The van der Waals surface area contributed by atoms with Crippen molar-refractivity contribution in [1.82, 2.24) is 4.90 Å². The first-order valence-corrected chi connectivity index (χ1v) is 10.1. The monoisotopic (exact) mass is 457 g/mol. The van der Waals surface area contributed by atoms with Gasteiger partial charge in [0.15, 0.2) is 0 Å². The van der Waals surface area contributed by atoms with Gasteiger partial charge in [-0.1, -0.05) is 35.9 Å². The number of nitrogens with two attached hydrogens (primary N) is 1. The summed E-state index contributed by atoms with van der Waals surface area (Å²) in [6.07, 6.45) is -2.02. The highest BCUT2D eigenvalue weighted by Gasteiger charge is 2.32. The number of ether oxygens (including phenoxy) is 2. The lowest BCUT2D eigenvalue weighted by Gasteiger charge is -2.34. The van der Waals surface area contributed by atoms with Crippen molar-refractivity contribution in [2.24, 2.45) is 5.73 Å². The van der Waals surface area contributed by atoms with Crippen molar-refractivity contribution in [2.45, 2.75) is 31.7 Å². The van der Waals surface area contributed by atoms with Gasteiger partial charge in [0.25, 0.3) is 0 Å². The van der Waals surface area contributed by atoms with Crippen molar-refractivity contribution in [1.29, 1.82) is 0 Å². The molecule has 1 atom stereocenters. The zero-order valence-electron chi connectivity index (χ0n) is 16.6. The molecule has 0 saturated carbocycles. The third-order valence-corrected chi connectivity index (χ3v) is 5.28. The van der Waals surface area contributed by atoms with Gasteiger partial charge in [0.2, 0.25) is 0 Å². The van der Waals surface area contributed by atoms with Gasteiger partial charge in [-0.05, 0) is 37.5 Å². The summed E-state index contributed by atoms with van der Waals surface area (Å²) >= 11 is 6.32. The maximum Gasteiger partial charge on any atom is 0.573 e. The molecular formula is C21H23ClF3N3O3. The number of anilines is 1. The highest BCUT2D eigenvalue weighted by Crippen LogP contribution is 2.38. The summed E-state index contributed by atoms with van der Waals surface area (Å²) < 4.78 is 47.8. The van der Waals surface area contributed by atoms with Gasteiger partial charge in [0.1, 0.15) is 12.5 Å². The molecular weight excluding hydrogens is 435 g/mol. The molecule has 10 heteroatoms. The number of halogens is 4. The van der Waals surface area contributed by atoms with Crippen LogP contribution in [0.2, 0.25) is 5.02 Å². The van der Waals surface area contributed by atoms with Crippen LogP contribution in [0.25, 0.3) is 11.1 Å². The van der Waals surface area contributed by atoms with Gasteiger partial charge in [-0.2, -0.15) is 0 Å². The van der Waals surface area contributed by atoms with Crippen LogP contribution in [0, 0.1) is 0 Å². The Hall–Kier alpha value is -2.65. The number of alkyl halides is 3. The molecule has 0 unspecified atom stereocenters. The Kier molecular flexibility index (Phi) is 7.50. The molecule has 0 aliphatic carbocycles. The molecule has 0 spiro atoms. The van der Waals surface area contributed by atoms with E-state index in [-0.39, 0.29) is 29.1 Å². The molecule has 2 aromatic carbocycles. The van der Waals surface area contributed by atoms with Gasteiger partial charge in [-0.25, -0.2) is 4.79 Å². The van der Waals surface area contributed by atoms with Crippen LogP contribution in [0.4, 0.5) is 23.7 Å². The van der Waals surface area contributed by atoms with E-state index in [1.807, 2.05) is 0 Å². The second-order valence-electron chi connectivity index (χ2n) is 7.11. The Morgan fingerprint density at radius 3 is 2.68 bits per heavy atom. The lowest BCUT2D eigenvalue weighted by molar-refractivity contribution is -0.274. The van der Waals surface area contributed by atoms with Crippen molar-refractivity contribution in [3.63, 3.8) is 0 Å². The lowest BCUT2D eigenvalue weighted by atomic mass is 10.0. The molecule has 1 aliphatic heterocycles.